The molecule has 0 fully saturated rings. The molecule has 4 N–H and O–H groups in total. The molecule has 2 aromatic carbocycles. The zero-order valence-electron chi connectivity index (χ0n) is 16.5. The fourth-order valence-electron chi connectivity index (χ4n) is 3.41. The van der Waals surface area contributed by atoms with Crippen molar-refractivity contribution in [3.63, 3.8) is 0 Å². The summed E-state index contributed by atoms with van der Waals surface area (Å²) in [6, 6.07) is 16.2. The first-order chi connectivity index (χ1) is 15.0. The van der Waals surface area contributed by atoms with Gasteiger partial charge in [-0.25, -0.2) is 10.5 Å². The van der Waals surface area contributed by atoms with Gasteiger partial charge in [-0.3, -0.25) is 19.8 Å². The summed E-state index contributed by atoms with van der Waals surface area (Å²) in [5, 5.41) is 9.68. The first-order valence-electron chi connectivity index (χ1n) is 9.30. The summed E-state index contributed by atoms with van der Waals surface area (Å²) in [7, 11) is 1.44. The monoisotopic (exact) mass is 414 g/mol. The molecule has 31 heavy (non-hydrogen) atoms. The molecule has 0 aliphatic rings. The van der Waals surface area contributed by atoms with E-state index in [2.05, 4.69) is 9.97 Å². The Bertz CT molecular complexity index is 1290. The number of pyridine rings is 2. The molecule has 8 nitrogen and oxygen atoms in total. The van der Waals surface area contributed by atoms with E-state index in [9.17, 15) is 14.8 Å². The lowest BCUT2D eigenvalue weighted by Gasteiger charge is -2.15. The maximum Gasteiger partial charge on any atom is 0.279 e. The average molecular weight is 414 g/mol. The minimum absolute atomic E-state index is 0.143. The van der Waals surface area contributed by atoms with Crippen LogP contribution in [0.3, 0.4) is 0 Å². The lowest BCUT2D eigenvalue weighted by atomic mass is 9.99. The van der Waals surface area contributed by atoms with Gasteiger partial charge in [-0.05, 0) is 29.3 Å². The van der Waals surface area contributed by atoms with Crippen molar-refractivity contribution in [1.29, 1.82) is 0 Å². The predicted octanol–water partition coefficient (Wildman–Crippen LogP) is 3.19. The first kappa shape index (κ1) is 20.0. The Kier molecular flexibility index (Phi) is 5.30. The largest absolute Gasteiger partial charge is 0.494 e. The minimum Gasteiger partial charge on any atom is -0.494 e. The number of primary amides is 1. The Balaban J connectivity index is 1.81. The Hall–Kier alpha value is -4.30. The number of nitrogens with one attached hydrogen (secondary N) is 1. The molecule has 0 saturated heterocycles. The van der Waals surface area contributed by atoms with Crippen LogP contribution in [-0.4, -0.2) is 34.1 Å². The van der Waals surface area contributed by atoms with Crippen LogP contribution in [-0.2, 0) is 0 Å². The number of methoxy groups -OCH3 is 1. The summed E-state index contributed by atoms with van der Waals surface area (Å²) < 4.78 is 5.51. The Morgan fingerprint density at radius 1 is 0.968 bits per heavy atom. The van der Waals surface area contributed by atoms with Gasteiger partial charge in [-0.15, -0.1) is 0 Å². The summed E-state index contributed by atoms with van der Waals surface area (Å²) in [4.78, 5) is 32.3. The first-order valence-corrected chi connectivity index (χ1v) is 9.30. The number of rotatable bonds is 5. The molecule has 0 saturated carbocycles. The second kappa shape index (κ2) is 8.21. The molecule has 4 aromatic rings. The van der Waals surface area contributed by atoms with Gasteiger partial charge in [0.1, 0.15) is 5.69 Å². The molecule has 2 aromatic heterocycles. The fourth-order valence-corrected chi connectivity index (χ4v) is 3.41. The van der Waals surface area contributed by atoms with E-state index >= 15 is 0 Å². The molecule has 4 rings (SSSR count). The molecule has 0 bridgehead atoms. The van der Waals surface area contributed by atoms with Gasteiger partial charge >= 0.3 is 0 Å². The molecular weight excluding hydrogens is 396 g/mol. The number of aromatic nitrogens is 2. The van der Waals surface area contributed by atoms with Crippen LogP contribution in [0.1, 0.15) is 20.7 Å². The number of ether oxygens (including phenoxy) is 1. The summed E-state index contributed by atoms with van der Waals surface area (Å²) in [5.41, 5.74) is 11.1. The molecule has 0 aliphatic carbocycles. The van der Waals surface area contributed by atoms with E-state index in [1.165, 1.54) is 13.3 Å². The number of fused-ring (bicyclic) bond motifs is 1. The second-order valence-electron chi connectivity index (χ2n) is 6.72. The van der Waals surface area contributed by atoms with Crippen molar-refractivity contribution < 1.29 is 19.5 Å². The van der Waals surface area contributed by atoms with E-state index in [4.69, 9.17) is 10.5 Å². The van der Waals surface area contributed by atoms with E-state index in [0.29, 0.717) is 22.2 Å². The highest BCUT2D eigenvalue weighted by Crippen LogP contribution is 2.36. The Morgan fingerprint density at radius 2 is 1.58 bits per heavy atom. The van der Waals surface area contributed by atoms with E-state index in [1.807, 2.05) is 36.4 Å². The van der Waals surface area contributed by atoms with Crippen molar-refractivity contribution in [3.05, 3.63) is 78.1 Å². The Labute approximate surface area is 177 Å². The fraction of sp³-hybridized carbons (Fsp3) is 0.0435. The maximum atomic E-state index is 12.4. The van der Waals surface area contributed by atoms with Crippen LogP contribution in [0.5, 0.6) is 5.75 Å². The number of benzene rings is 2. The van der Waals surface area contributed by atoms with Gasteiger partial charge < -0.3 is 10.5 Å². The quantitative estimate of drug-likeness (QED) is 0.340. The average Bonchev–Trinajstić information content (AvgIpc) is 2.82. The number of hydrogen-bond acceptors (Lipinski definition) is 6. The highest BCUT2D eigenvalue weighted by atomic mass is 16.5. The van der Waals surface area contributed by atoms with Crippen LogP contribution in [0.4, 0.5) is 0 Å². The highest BCUT2D eigenvalue weighted by molar-refractivity contribution is 6.09. The van der Waals surface area contributed by atoms with Gasteiger partial charge in [0.15, 0.2) is 5.75 Å². The van der Waals surface area contributed by atoms with Crippen molar-refractivity contribution in [2.75, 3.05) is 7.11 Å². The maximum absolute atomic E-state index is 12.4. The third-order valence-electron chi connectivity index (χ3n) is 4.94. The van der Waals surface area contributed by atoms with Crippen LogP contribution in [0.2, 0.25) is 0 Å². The molecule has 0 radical (unpaired) electrons. The normalized spacial score (nSPS) is 10.6. The molecule has 0 atom stereocenters. The van der Waals surface area contributed by atoms with Gasteiger partial charge in [0.05, 0.1) is 18.2 Å². The minimum atomic E-state index is -0.718. The number of carbonyl (C=O) groups excluding carboxylic acids is 2. The molecule has 2 amide bonds. The summed E-state index contributed by atoms with van der Waals surface area (Å²) in [6.45, 7) is 0. The third kappa shape index (κ3) is 3.67. The second-order valence-corrected chi connectivity index (χ2v) is 6.72. The smallest absolute Gasteiger partial charge is 0.279 e. The summed E-state index contributed by atoms with van der Waals surface area (Å²) >= 11 is 0. The predicted molar refractivity (Wildman–Crippen MR) is 115 cm³/mol. The van der Waals surface area contributed by atoms with Gasteiger partial charge in [0.25, 0.3) is 5.91 Å². The zero-order valence-corrected chi connectivity index (χ0v) is 16.5. The number of amides is 2. The van der Waals surface area contributed by atoms with Crippen LogP contribution in [0, 0.1) is 0 Å². The summed E-state index contributed by atoms with van der Waals surface area (Å²) in [5.74, 6) is -0.968. The molecule has 2 heterocycles. The third-order valence-corrected chi connectivity index (χ3v) is 4.94. The molecule has 0 spiro atoms. The lowest BCUT2D eigenvalue weighted by Crippen LogP contribution is -2.20. The number of nitrogens with two attached hydrogens (primary N) is 1. The molecule has 0 aliphatic heterocycles. The highest BCUT2D eigenvalue weighted by Gasteiger charge is 2.22. The van der Waals surface area contributed by atoms with Gasteiger partial charge in [-0.2, -0.15) is 0 Å². The number of hydrogen-bond donors (Lipinski definition) is 3. The molecule has 0 unspecified atom stereocenters. The van der Waals surface area contributed by atoms with Crippen molar-refractivity contribution in [1.82, 2.24) is 15.4 Å². The van der Waals surface area contributed by atoms with Crippen LogP contribution < -0.4 is 16.0 Å². The molecular formula is C23H18N4O4. The molecule has 154 valence electrons. The zero-order chi connectivity index (χ0) is 22.0. The van der Waals surface area contributed by atoms with E-state index in [0.717, 1.165) is 16.7 Å². The van der Waals surface area contributed by atoms with Crippen LogP contribution in [0.15, 0.2) is 67.0 Å². The number of hydroxylamine groups is 1. The van der Waals surface area contributed by atoms with E-state index in [1.54, 1.807) is 29.9 Å². The van der Waals surface area contributed by atoms with Crippen molar-refractivity contribution in [2.45, 2.75) is 0 Å². The van der Waals surface area contributed by atoms with Crippen LogP contribution >= 0.6 is 0 Å². The SMILES string of the molecule is COc1c(-c2ccc(-c3ccc(C(N)=O)cc3)cc2)nc2ccncc2c1C(=O)NO. The van der Waals surface area contributed by atoms with Gasteiger partial charge in [-0.1, -0.05) is 36.4 Å². The van der Waals surface area contributed by atoms with Crippen molar-refractivity contribution in [2.24, 2.45) is 5.73 Å². The number of carbonyl (C=O) groups is 2. The van der Waals surface area contributed by atoms with Gasteiger partial charge in [0.2, 0.25) is 5.91 Å². The van der Waals surface area contributed by atoms with E-state index in [-0.39, 0.29) is 11.3 Å². The van der Waals surface area contributed by atoms with E-state index < -0.39 is 11.8 Å². The number of nitrogens with zero attached hydrogens (tertiary/aromatic N) is 2. The molecule has 8 heteroatoms. The van der Waals surface area contributed by atoms with Crippen molar-refractivity contribution in [3.8, 4) is 28.1 Å². The topological polar surface area (TPSA) is 127 Å². The van der Waals surface area contributed by atoms with Crippen LogP contribution in [0.25, 0.3) is 33.3 Å². The lowest BCUT2D eigenvalue weighted by molar-refractivity contribution is 0.0705. The summed E-state index contributed by atoms with van der Waals surface area (Å²) in [6.07, 6.45) is 3.07. The Morgan fingerprint density at radius 3 is 2.16 bits per heavy atom. The van der Waals surface area contributed by atoms with Gasteiger partial charge in [0, 0.05) is 28.9 Å². The standard InChI is InChI=1S/C23H18N4O4/c1-31-21-19(23(29)27-30)17-12-25-11-10-18(17)26-20(21)15-6-2-13(3-7-15)14-4-8-16(9-5-14)22(24)28/h2-12,30H,1H3,(H2,24,28)(H,27,29). The van der Waals surface area contributed by atoms with Crippen molar-refractivity contribution >= 4 is 22.7 Å².